The summed E-state index contributed by atoms with van der Waals surface area (Å²) < 4.78 is 26.6. The van der Waals surface area contributed by atoms with E-state index in [2.05, 4.69) is 0 Å². The maximum Gasteiger partial charge on any atom is 0.147 e. The van der Waals surface area contributed by atoms with Crippen molar-refractivity contribution < 1.29 is 13.9 Å². The van der Waals surface area contributed by atoms with Gasteiger partial charge in [0.05, 0.1) is 11.1 Å². The molecule has 1 unspecified atom stereocenters. The van der Waals surface area contributed by atoms with Crippen LogP contribution in [0.15, 0.2) is 36.4 Å². The summed E-state index contributed by atoms with van der Waals surface area (Å²) in [6.45, 7) is 0. The summed E-state index contributed by atoms with van der Waals surface area (Å²) >= 11 is 11.5. The van der Waals surface area contributed by atoms with Crippen molar-refractivity contribution in [1.29, 1.82) is 0 Å². The van der Waals surface area contributed by atoms with E-state index in [1.54, 1.807) is 6.07 Å². The smallest absolute Gasteiger partial charge is 0.147 e. The van der Waals surface area contributed by atoms with Crippen LogP contribution in [0.1, 0.15) is 17.2 Å². The van der Waals surface area contributed by atoms with Gasteiger partial charge in [0.15, 0.2) is 0 Å². The molecule has 2 aromatic carbocycles. The standard InChI is InChI=1S/C14H10Cl2F2O/c15-11-3-1-2-10(14(11)18)13(19)6-8-4-5-9(17)7-12(8)16/h1-5,7,13,19H,6H2. The third-order valence-electron chi connectivity index (χ3n) is 2.77. The summed E-state index contributed by atoms with van der Waals surface area (Å²) in [6, 6.07) is 8.25. The molecule has 1 N–H and O–H groups in total. The minimum absolute atomic E-state index is 0.0539. The van der Waals surface area contributed by atoms with E-state index in [0.29, 0.717) is 5.56 Å². The molecule has 0 bridgehead atoms. The average Bonchev–Trinajstić information content (AvgIpc) is 2.36. The monoisotopic (exact) mass is 302 g/mol. The van der Waals surface area contributed by atoms with E-state index in [-0.39, 0.29) is 22.0 Å². The van der Waals surface area contributed by atoms with Crippen molar-refractivity contribution in [3.8, 4) is 0 Å². The van der Waals surface area contributed by atoms with Gasteiger partial charge >= 0.3 is 0 Å². The second-order valence-electron chi connectivity index (χ2n) is 4.10. The van der Waals surface area contributed by atoms with Crippen molar-refractivity contribution >= 4 is 23.2 Å². The molecule has 0 aromatic heterocycles. The lowest BCUT2D eigenvalue weighted by Crippen LogP contribution is -2.05. The van der Waals surface area contributed by atoms with Gasteiger partial charge < -0.3 is 5.11 Å². The first-order chi connectivity index (χ1) is 8.99. The minimum Gasteiger partial charge on any atom is -0.388 e. The fourth-order valence-electron chi connectivity index (χ4n) is 1.78. The van der Waals surface area contributed by atoms with Gasteiger partial charge in [-0.15, -0.1) is 0 Å². The Kier molecular flexibility index (Phi) is 4.40. The largest absolute Gasteiger partial charge is 0.388 e. The number of benzene rings is 2. The lowest BCUT2D eigenvalue weighted by atomic mass is 10.0. The summed E-state index contributed by atoms with van der Waals surface area (Å²) in [5.41, 5.74) is 0.628. The normalized spacial score (nSPS) is 12.5. The van der Waals surface area contributed by atoms with Crippen LogP contribution >= 0.6 is 23.2 Å². The minimum atomic E-state index is -1.10. The maximum atomic E-state index is 13.7. The topological polar surface area (TPSA) is 20.2 Å². The third-order valence-corrected chi connectivity index (χ3v) is 3.41. The van der Waals surface area contributed by atoms with Crippen LogP contribution in [0, 0.1) is 11.6 Å². The van der Waals surface area contributed by atoms with Gasteiger partial charge in [0.1, 0.15) is 11.6 Å². The summed E-state index contributed by atoms with van der Waals surface area (Å²) in [4.78, 5) is 0. The van der Waals surface area contributed by atoms with Crippen molar-refractivity contribution in [1.82, 2.24) is 0 Å². The molecule has 1 nitrogen and oxygen atoms in total. The predicted octanol–water partition coefficient (Wildman–Crippen LogP) is 4.55. The lowest BCUT2D eigenvalue weighted by Gasteiger charge is -2.13. The lowest BCUT2D eigenvalue weighted by molar-refractivity contribution is 0.173. The Labute approximate surface area is 119 Å². The van der Waals surface area contributed by atoms with Crippen LogP contribution in [0.2, 0.25) is 10.0 Å². The fourth-order valence-corrected chi connectivity index (χ4v) is 2.21. The van der Waals surface area contributed by atoms with Crippen LogP contribution in [0.4, 0.5) is 8.78 Å². The number of aliphatic hydroxyl groups is 1. The summed E-state index contributed by atoms with van der Waals surface area (Å²) in [7, 11) is 0. The Bertz CT molecular complexity index is 602. The van der Waals surface area contributed by atoms with Crippen LogP contribution in [0.25, 0.3) is 0 Å². The molecule has 0 spiro atoms. The first-order valence-corrected chi connectivity index (χ1v) is 6.30. The third kappa shape index (κ3) is 3.24. The Morgan fingerprint density at radius 3 is 2.47 bits per heavy atom. The van der Waals surface area contributed by atoms with Crippen LogP contribution in [0.5, 0.6) is 0 Å². The molecule has 0 aliphatic carbocycles. The number of rotatable bonds is 3. The van der Waals surface area contributed by atoms with Gasteiger partial charge in [-0.1, -0.05) is 41.4 Å². The van der Waals surface area contributed by atoms with Crippen LogP contribution in [-0.4, -0.2) is 5.11 Å². The maximum absolute atomic E-state index is 13.7. The highest BCUT2D eigenvalue weighted by Gasteiger charge is 2.16. The second kappa shape index (κ2) is 5.87. The summed E-state index contributed by atoms with van der Waals surface area (Å²) in [5.74, 6) is -1.12. The molecule has 100 valence electrons. The van der Waals surface area contributed by atoms with Gasteiger partial charge in [-0.2, -0.15) is 0 Å². The van der Waals surface area contributed by atoms with Crippen molar-refractivity contribution in [2.75, 3.05) is 0 Å². The zero-order valence-electron chi connectivity index (χ0n) is 9.71. The van der Waals surface area contributed by atoms with E-state index < -0.39 is 17.7 Å². The highest BCUT2D eigenvalue weighted by molar-refractivity contribution is 6.31. The highest BCUT2D eigenvalue weighted by atomic mass is 35.5. The zero-order chi connectivity index (χ0) is 14.0. The zero-order valence-corrected chi connectivity index (χ0v) is 11.2. The van der Waals surface area contributed by atoms with Crippen molar-refractivity contribution in [2.45, 2.75) is 12.5 Å². The quantitative estimate of drug-likeness (QED) is 0.882. The van der Waals surface area contributed by atoms with E-state index in [1.165, 1.54) is 24.3 Å². The molecule has 0 radical (unpaired) electrons. The van der Waals surface area contributed by atoms with E-state index in [4.69, 9.17) is 23.2 Å². The van der Waals surface area contributed by atoms with E-state index in [1.807, 2.05) is 0 Å². The van der Waals surface area contributed by atoms with Crippen LogP contribution in [0.3, 0.4) is 0 Å². The Hall–Kier alpha value is -1.16. The van der Waals surface area contributed by atoms with Gasteiger partial charge in [-0.3, -0.25) is 0 Å². The molecule has 5 heteroatoms. The molecule has 19 heavy (non-hydrogen) atoms. The fraction of sp³-hybridized carbons (Fsp3) is 0.143. The first-order valence-electron chi connectivity index (χ1n) is 5.55. The van der Waals surface area contributed by atoms with Gasteiger partial charge in [0, 0.05) is 17.0 Å². The second-order valence-corrected chi connectivity index (χ2v) is 4.91. The van der Waals surface area contributed by atoms with Gasteiger partial charge in [-0.25, -0.2) is 8.78 Å². The predicted molar refractivity (Wildman–Crippen MR) is 71.5 cm³/mol. The highest BCUT2D eigenvalue weighted by Crippen LogP contribution is 2.28. The van der Waals surface area contributed by atoms with Crippen LogP contribution in [-0.2, 0) is 6.42 Å². The molecule has 0 fully saturated rings. The van der Waals surface area contributed by atoms with Gasteiger partial charge in [0.25, 0.3) is 0 Å². The molecule has 0 saturated carbocycles. The molecular weight excluding hydrogens is 293 g/mol. The van der Waals surface area contributed by atoms with Crippen molar-refractivity contribution in [3.05, 3.63) is 69.2 Å². The molecule has 0 aliphatic rings. The Morgan fingerprint density at radius 1 is 1.05 bits per heavy atom. The molecule has 0 heterocycles. The van der Waals surface area contributed by atoms with Crippen molar-refractivity contribution in [3.63, 3.8) is 0 Å². The molecule has 0 amide bonds. The SMILES string of the molecule is OC(Cc1ccc(F)cc1Cl)c1cccc(Cl)c1F. The summed E-state index contributed by atoms with van der Waals surface area (Å²) in [6.07, 6.45) is -1.02. The Morgan fingerprint density at radius 2 is 1.79 bits per heavy atom. The van der Waals surface area contributed by atoms with E-state index in [0.717, 1.165) is 6.07 Å². The summed E-state index contributed by atoms with van der Waals surface area (Å²) in [5, 5.41) is 10.2. The molecule has 0 saturated heterocycles. The van der Waals surface area contributed by atoms with Crippen LogP contribution < -0.4 is 0 Å². The number of hydrogen-bond acceptors (Lipinski definition) is 1. The molecule has 0 aliphatic heterocycles. The van der Waals surface area contributed by atoms with Gasteiger partial charge in [0.2, 0.25) is 0 Å². The molecule has 2 rings (SSSR count). The molecular formula is C14H10Cl2F2O. The van der Waals surface area contributed by atoms with E-state index in [9.17, 15) is 13.9 Å². The number of halogens is 4. The molecule has 2 aromatic rings. The van der Waals surface area contributed by atoms with Gasteiger partial charge in [-0.05, 0) is 23.8 Å². The number of hydrogen-bond donors (Lipinski definition) is 1. The number of aliphatic hydroxyl groups excluding tert-OH is 1. The first kappa shape index (κ1) is 14.3. The van der Waals surface area contributed by atoms with E-state index >= 15 is 0 Å². The van der Waals surface area contributed by atoms with Crippen molar-refractivity contribution in [2.24, 2.45) is 0 Å². The average molecular weight is 303 g/mol. The molecule has 1 atom stereocenters. The Balaban J connectivity index is 2.25.